The molecule has 6 nitrogen and oxygen atoms in total. The zero-order valence-corrected chi connectivity index (χ0v) is 14.4. The third-order valence-corrected chi connectivity index (χ3v) is 5.53. The summed E-state index contributed by atoms with van der Waals surface area (Å²) in [5, 5.41) is 4.10. The molecular formula is C16H20FN3O3S. The van der Waals surface area contributed by atoms with Crippen molar-refractivity contribution in [3.63, 3.8) is 0 Å². The molecule has 0 spiro atoms. The van der Waals surface area contributed by atoms with Crippen molar-refractivity contribution in [3.8, 4) is 0 Å². The van der Waals surface area contributed by atoms with E-state index in [4.69, 9.17) is 4.52 Å². The molecule has 130 valence electrons. The van der Waals surface area contributed by atoms with Crippen LogP contribution in [0.1, 0.15) is 23.4 Å². The van der Waals surface area contributed by atoms with Crippen LogP contribution in [-0.2, 0) is 29.4 Å². The van der Waals surface area contributed by atoms with Crippen LogP contribution in [0.25, 0.3) is 0 Å². The summed E-state index contributed by atoms with van der Waals surface area (Å²) in [5.74, 6) is 0.254. The Labute approximate surface area is 140 Å². The summed E-state index contributed by atoms with van der Waals surface area (Å²) in [6.07, 6.45) is 1.78. The molecule has 0 fully saturated rings. The molecule has 2 aromatic rings. The molecule has 1 atom stereocenters. The second kappa shape index (κ2) is 6.62. The van der Waals surface area contributed by atoms with Crippen molar-refractivity contribution in [1.82, 2.24) is 14.8 Å². The molecule has 1 unspecified atom stereocenters. The molecule has 0 saturated heterocycles. The number of rotatable bonds is 5. The highest BCUT2D eigenvalue weighted by Gasteiger charge is 2.29. The fraction of sp³-hybridized carbons (Fsp3) is 0.438. The van der Waals surface area contributed by atoms with Crippen LogP contribution in [0.5, 0.6) is 0 Å². The largest absolute Gasteiger partial charge is 0.361 e. The number of halogens is 1. The molecule has 0 saturated carbocycles. The van der Waals surface area contributed by atoms with E-state index < -0.39 is 15.8 Å². The molecular weight excluding hydrogens is 333 g/mol. The van der Waals surface area contributed by atoms with Crippen LogP contribution in [-0.4, -0.2) is 38.6 Å². The predicted octanol–water partition coefficient (Wildman–Crippen LogP) is 1.71. The molecule has 1 N–H and O–H groups in total. The van der Waals surface area contributed by atoms with Crippen molar-refractivity contribution in [2.75, 3.05) is 14.1 Å². The maximum Gasteiger partial charge on any atom is 0.240 e. The lowest BCUT2D eigenvalue weighted by molar-refractivity contribution is 0.343. The summed E-state index contributed by atoms with van der Waals surface area (Å²) in [6, 6.07) is 4.75. The number of hydrogen-bond acceptors (Lipinski definition) is 5. The molecule has 1 aromatic heterocycles. The minimum Gasteiger partial charge on any atom is -0.361 e. The number of benzene rings is 1. The Morgan fingerprint density at radius 3 is 2.92 bits per heavy atom. The van der Waals surface area contributed by atoms with Crippen LogP contribution < -0.4 is 4.72 Å². The first kappa shape index (κ1) is 17.1. The van der Waals surface area contributed by atoms with Gasteiger partial charge < -0.3 is 9.42 Å². The highest BCUT2D eigenvalue weighted by atomic mass is 32.2. The number of aryl methyl sites for hydroxylation is 1. The van der Waals surface area contributed by atoms with Crippen LogP contribution in [0.15, 0.2) is 33.7 Å². The smallest absolute Gasteiger partial charge is 0.240 e. The third kappa shape index (κ3) is 3.66. The lowest BCUT2D eigenvalue weighted by atomic mass is 9.92. The Morgan fingerprint density at radius 1 is 1.42 bits per heavy atom. The number of nitrogens with one attached hydrogen (secondary N) is 1. The molecule has 1 aliphatic carbocycles. The van der Waals surface area contributed by atoms with Crippen molar-refractivity contribution in [1.29, 1.82) is 0 Å². The monoisotopic (exact) mass is 353 g/mol. The molecule has 1 heterocycles. The van der Waals surface area contributed by atoms with E-state index in [1.165, 1.54) is 18.2 Å². The summed E-state index contributed by atoms with van der Waals surface area (Å²) in [7, 11) is 0.122. The molecule has 3 rings (SSSR count). The molecule has 0 aliphatic heterocycles. The maximum atomic E-state index is 13.3. The fourth-order valence-corrected chi connectivity index (χ4v) is 4.21. The summed E-state index contributed by atoms with van der Waals surface area (Å²) in [6.45, 7) is 0.641. The first-order chi connectivity index (χ1) is 11.3. The summed E-state index contributed by atoms with van der Waals surface area (Å²) in [5.41, 5.74) is 1.81. The normalized spacial score (nSPS) is 17.9. The van der Waals surface area contributed by atoms with Crippen molar-refractivity contribution in [3.05, 3.63) is 47.1 Å². The van der Waals surface area contributed by atoms with Gasteiger partial charge in [-0.2, -0.15) is 0 Å². The van der Waals surface area contributed by atoms with Crippen molar-refractivity contribution < 1.29 is 17.3 Å². The molecule has 1 aliphatic rings. The third-order valence-electron chi connectivity index (χ3n) is 4.02. The van der Waals surface area contributed by atoms with E-state index in [1.807, 2.05) is 19.0 Å². The van der Waals surface area contributed by atoms with E-state index in [0.717, 1.165) is 23.1 Å². The van der Waals surface area contributed by atoms with E-state index in [2.05, 4.69) is 9.88 Å². The molecule has 0 amide bonds. The van der Waals surface area contributed by atoms with Crippen LogP contribution >= 0.6 is 0 Å². The maximum absolute atomic E-state index is 13.3. The highest BCUT2D eigenvalue weighted by Crippen LogP contribution is 2.26. The van der Waals surface area contributed by atoms with Gasteiger partial charge in [0, 0.05) is 24.6 Å². The van der Waals surface area contributed by atoms with E-state index in [0.29, 0.717) is 25.8 Å². The molecule has 24 heavy (non-hydrogen) atoms. The van der Waals surface area contributed by atoms with Gasteiger partial charge in [-0.15, -0.1) is 0 Å². The van der Waals surface area contributed by atoms with Crippen LogP contribution in [0.3, 0.4) is 0 Å². The Balaban J connectivity index is 1.77. The topological polar surface area (TPSA) is 75.4 Å². The molecule has 0 bridgehead atoms. The molecule has 0 radical (unpaired) electrons. The van der Waals surface area contributed by atoms with Gasteiger partial charge in [0.25, 0.3) is 0 Å². The zero-order valence-electron chi connectivity index (χ0n) is 13.6. The Hall–Kier alpha value is -1.77. The highest BCUT2D eigenvalue weighted by molar-refractivity contribution is 7.89. The Bertz CT molecular complexity index is 833. The number of nitrogens with zero attached hydrogens (tertiary/aromatic N) is 2. The van der Waals surface area contributed by atoms with Crippen molar-refractivity contribution in [2.24, 2.45) is 0 Å². The lowest BCUT2D eigenvalue weighted by Crippen LogP contribution is -2.38. The standard InChI is InChI=1S/C16H20FN3O3S/c1-20(2)10-15-14-9-12(6-7-16(14)23-18-15)19-24(21,22)13-5-3-4-11(17)8-13/h3-5,8,12,19H,6-7,9-10H2,1-2H3. The van der Waals surface area contributed by atoms with E-state index in [1.54, 1.807) is 0 Å². The number of sulfonamides is 1. The average molecular weight is 353 g/mol. The first-order valence-corrected chi connectivity index (χ1v) is 9.22. The van der Waals surface area contributed by atoms with Gasteiger partial charge >= 0.3 is 0 Å². The number of aromatic nitrogens is 1. The Kier molecular flexibility index (Phi) is 4.71. The zero-order chi connectivity index (χ0) is 17.3. The average Bonchev–Trinajstić information content (AvgIpc) is 2.89. The summed E-state index contributed by atoms with van der Waals surface area (Å²) < 4.78 is 46.2. The predicted molar refractivity (Wildman–Crippen MR) is 86.4 cm³/mol. The van der Waals surface area contributed by atoms with Gasteiger partial charge in [0.15, 0.2) is 0 Å². The van der Waals surface area contributed by atoms with Gasteiger partial charge in [0.2, 0.25) is 10.0 Å². The second-order valence-corrected chi connectivity index (χ2v) is 8.00. The first-order valence-electron chi connectivity index (χ1n) is 7.74. The van der Waals surface area contributed by atoms with E-state index >= 15 is 0 Å². The Morgan fingerprint density at radius 2 is 2.21 bits per heavy atom. The molecule has 8 heteroatoms. The van der Waals surface area contributed by atoms with Gasteiger partial charge in [-0.3, -0.25) is 0 Å². The van der Waals surface area contributed by atoms with Crippen molar-refractivity contribution in [2.45, 2.75) is 36.7 Å². The number of fused-ring (bicyclic) bond motifs is 1. The summed E-state index contributed by atoms with van der Waals surface area (Å²) in [4.78, 5) is 1.92. The fourth-order valence-electron chi connectivity index (χ4n) is 2.91. The van der Waals surface area contributed by atoms with Crippen LogP contribution in [0.4, 0.5) is 4.39 Å². The van der Waals surface area contributed by atoms with E-state index in [9.17, 15) is 12.8 Å². The van der Waals surface area contributed by atoms with Gasteiger partial charge in [-0.1, -0.05) is 11.2 Å². The van der Waals surface area contributed by atoms with Gasteiger partial charge in [0.1, 0.15) is 17.3 Å². The van der Waals surface area contributed by atoms with Crippen molar-refractivity contribution >= 4 is 10.0 Å². The summed E-state index contributed by atoms with van der Waals surface area (Å²) >= 11 is 0. The minimum absolute atomic E-state index is 0.0628. The number of hydrogen-bond donors (Lipinski definition) is 1. The second-order valence-electron chi connectivity index (χ2n) is 6.29. The molecule has 1 aromatic carbocycles. The van der Waals surface area contributed by atoms with Gasteiger partial charge in [0.05, 0.1) is 4.90 Å². The van der Waals surface area contributed by atoms with Gasteiger partial charge in [-0.05, 0) is 45.1 Å². The quantitative estimate of drug-likeness (QED) is 0.886. The van der Waals surface area contributed by atoms with Crippen LogP contribution in [0, 0.1) is 5.82 Å². The van der Waals surface area contributed by atoms with Crippen LogP contribution in [0.2, 0.25) is 0 Å². The lowest BCUT2D eigenvalue weighted by Gasteiger charge is -2.23. The van der Waals surface area contributed by atoms with E-state index in [-0.39, 0.29) is 10.9 Å². The SMILES string of the molecule is CN(C)Cc1noc2c1CC(NS(=O)(=O)c1cccc(F)c1)CC2. The van der Waals surface area contributed by atoms with Gasteiger partial charge in [-0.25, -0.2) is 17.5 Å². The minimum atomic E-state index is -3.76.